The number of hydrogen-bond acceptors (Lipinski definition) is 5. The second kappa shape index (κ2) is 4.37. The molecule has 1 aliphatic heterocycles. The van der Waals surface area contributed by atoms with Crippen molar-refractivity contribution in [2.24, 2.45) is 34.8 Å². The van der Waals surface area contributed by atoms with Crippen LogP contribution in [0, 0.1) is 11.8 Å². The summed E-state index contributed by atoms with van der Waals surface area (Å²) in [6, 6.07) is 0. The molecule has 0 aliphatic carbocycles. The van der Waals surface area contributed by atoms with E-state index in [-0.39, 0.29) is 0 Å². The van der Waals surface area contributed by atoms with Crippen molar-refractivity contribution in [2.75, 3.05) is 0 Å². The molecule has 0 radical (unpaired) electrons. The predicted octanol–water partition coefficient (Wildman–Crippen LogP) is -4.07. The van der Waals surface area contributed by atoms with E-state index in [9.17, 15) is 19.2 Å². The fraction of sp³-hybridized carbons (Fsp3) is 0.500. The summed E-state index contributed by atoms with van der Waals surface area (Å²) < 4.78 is 4.88. The van der Waals surface area contributed by atoms with Gasteiger partial charge in [-0.15, -0.1) is 0 Å². The zero-order chi connectivity index (χ0) is 13.3. The molecule has 0 bridgehead atoms. The molecule has 1 saturated heterocycles. The number of nitrogens with two attached hydrogens (primary N) is 4. The molecule has 1 heterocycles. The Morgan fingerprint density at radius 2 is 0.941 bits per heavy atom. The average molecular weight is 244 g/mol. The van der Waals surface area contributed by atoms with Crippen LogP contribution in [0.5, 0.6) is 0 Å². The predicted molar refractivity (Wildman–Crippen MR) is 52.4 cm³/mol. The van der Waals surface area contributed by atoms with Gasteiger partial charge in [-0.25, -0.2) is 0 Å². The molecular formula is C8H12N4O5. The minimum absolute atomic E-state index is 1.01. The summed E-state index contributed by atoms with van der Waals surface area (Å²) in [5, 5.41) is 0. The van der Waals surface area contributed by atoms with Gasteiger partial charge >= 0.3 is 0 Å². The van der Waals surface area contributed by atoms with Crippen LogP contribution in [-0.4, -0.2) is 35.8 Å². The topological polar surface area (TPSA) is 182 Å². The molecule has 4 atom stereocenters. The Morgan fingerprint density at radius 1 is 0.647 bits per heavy atom. The first-order chi connectivity index (χ1) is 7.77. The van der Waals surface area contributed by atoms with Crippen LogP contribution in [0.2, 0.25) is 0 Å². The lowest BCUT2D eigenvalue weighted by atomic mass is 9.85. The lowest BCUT2D eigenvalue weighted by Gasteiger charge is -2.15. The molecule has 1 aliphatic rings. The number of rotatable bonds is 4. The van der Waals surface area contributed by atoms with Gasteiger partial charge in [0, 0.05) is 0 Å². The van der Waals surface area contributed by atoms with Crippen LogP contribution in [-0.2, 0) is 23.9 Å². The molecule has 0 spiro atoms. The van der Waals surface area contributed by atoms with Crippen molar-refractivity contribution in [1.29, 1.82) is 0 Å². The van der Waals surface area contributed by atoms with E-state index in [0.29, 0.717) is 0 Å². The Balaban J connectivity index is 3.17. The molecule has 0 aromatic heterocycles. The normalized spacial score (nSPS) is 32.0. The van der Waals surface area contributed by atoms with Gasteiger partial charge in [0.15, 0.2) is 0 Å². The van der Waals surface area contributed by atoms with Crippen molar-refractivity contribution in [1.82, 2.24) is 0 Å². The van der Waals surface area contributed by atoms with Gasteiger partial charge in [-0.2, -0.15) is 0 Å². The van der Waals surface area contributed by atoms with Crippen LogP contribution < -0.4 is 22.9 Å². The Labute approximate surface area is 95.4 Å². The number of carbonyl (C=O) groups is 4. The molecule has 4 amide bonds. The summed E-state index contributed by atoms with van der Waals surface area (Å²) in [5.41, 5.74) is 20.0. The first-order valence-corrected chi connectivity index (χ1v) is 4.60. The second-order valence-electron chi connectivity index (χ2n) is 3.64. The number of amides is 4. The molecule has 1 rings (SSSR count). The average Bonchev–Trinajstić information content (AvgIpc) is 2.56. The van der Waals surface area contributed by atoms with Crippen molar-refractivity contribution in [2.45, 2.75) is 12.2 Å². The highest BCUT2D eigenvalue weighted by Crippen LogP contribution is 2.32. The van der Waals surface area contributed by atoms with Crippen molar-refractivity contribution in [3.05, 3.63) is 0 Å². The third kappa shape index (κ3) is 2.18. The van der Waals surface area contributed by atoms with E-state index in [1.165, 1.54) is 0 Å². The monoisotopic (exact) mass is 244 g/mol. The van der Waals surface area contributed by atoms with E-state index < -0.39 is 47.7 Å². The standard InChI is InChI=1S/C8H12N4O5/c9-5(13)1-2(6(10)14)4(8(12)16)17-3(1)7(11)15/h1-4H,(H2,9,13)(H2,10,14)(H2,11,15)(H2,12,16). The summed E-state index contributed by atoms with van der Waals surface area (Å²) in [6.07, 6.45) is -2.97. The molecule has 94 valence electrons. The van der Waals surface area contributed by atoms with Gasteiger partial charge in [0.25, 0.3) is 0 Å². The fourth-order valence-electron chi connectivity index (χ4n) is 1.84. The number of ether oxygens (including phenoxy) is 1. The molecule has 0 aromatic rings. The molecule has 0 saturated carbocycles. The van der Waals surface area contributed by atoms with Crippen LogP contribution in [0.4, 0.5) is 0 Å². The summed E-state index contributed by atoms with van der Waals surface area (Å²) in [5.74, 6) is -6.85. The van der Waals surface area contributed by atoms with Crippen LogP contribution in [0.15, 0.2) is 0 Å². The minimum atomic E-state index is -1.48. The molecule has 17 heavy (non-hydrogen) atoms. The molecule has 9 nitrogen and oxygen atoms in total. The smallest absolute Gasteiger partial charge is 0.247 e. The Kier molecular flexibility index (Phi) is 3.32. The molecular weight excluding hydrogens is 232 g/mol. The number of hydrogen-bond donors (Lipinski definition) is 4. The zero-order valence-electron chi connectivity index (χ0n) is 8.66. The van der Waals surface area contributed by atoms with E-state index in [2.05, 4.69) is 0 Å². The SMILES string of the molecule is NC(=O)C1OC(C(N)=O)C(C(N)=O)C1C(N)=O. The molecule has 1 fully saturated rings. The first-order valence-electron chi connectivity index (χ1n) is 4.60. The number of carbonyl (C=O) groups excluding carboxylic acids is 4. The second-order valence-corrected chi connectivity index (χ2v) is 3.64. The molecule has 0 aromatic carbocycles. The summed E-state index contributed by atoms with van der Waals surface area (Å²) in [4.78, 5) is 44.4. The van der Waals surface area contributed by atoms with E-state index >= 15 is 0 Å². The van der Waals surface area contributed by atoms with Gasteiger partial charge in [0.1, 0.15) is 12.2 Å². The van der Waals surface area contributed by atoms with E-state index in [4.69, 9.17) is 27.7 Å². The Bertz CT molecular complexity index is 359. The Hall–Kier alpha value is -2.16. The maximum atomic E-state index is 11.2. The van der Waals surface area contributed by atoms with Gasteiger partial charge in [0.2, 0.25) is 23.6 Å². The summed E-state index contributed by atoms with van der Waals surface area (Å²) in [7, 11) is 0. The van der Waals surface area contributed by atoms with Gasteiger partial charge in [-0.3, -0.25) is 19.2 Å². The zero-order valence-corrected chi connectivity index (χ0v) is 8.66. The van der Waals surface area contributed by atoms with E-state index in [1.54, 1.807) is 0 Å². The van der Waals surface area contributed by atoms with Crippen LogP contribution in [0.1, 0.15) is 0 Å². The van der Waals surface area contributed by atoms with Crippen molar-refractivity contribution in [3.8, 4) is 0 Å². The van der Waals surface area contributed by atoms with Gasteiger partial charge in [0.05, 0.1) is 11.8 Å². The quantitative estimate of drug-likeness (QED) is 0.391. The minimum Gasteiger partial charge on any atom is -0.369 e. The van der Waals surface area contributed by atoms with Crippen molar-refractivity contribution < 1.29 is 23.9 Å². The van der Waals surface area contributed by atoms with Crippen LogP contribution in [0.3, 0.4) is 0 Å². The number of primary amides is 4. The third-order valence-electron chi connectivity index (χ3n) is 2.55. The maximum Gasteiger partial charge on any atom is 0.247 e. The first kappa shape index (κ1) is 12.9. The van der Waals surface area contributed by atoms with Gasteiger partial charge < -0.3 is 27.7 Å². The highest BCUT2D eigenvalue weighted by molar-refractivity contribution is 5.97. The van der Waals surface area contributed by atoms with E-state index in [1.807, 2.05) is 0 Å². The van der Waals surface area contributed by atoms with E-state index in [0.717, 1.165) is 0 Å². The van der Waals surface area contributed by atoms with Gasteiger partial charge in [-0.1, -0.05) is 0 Å². The summed E-state index contributed by atoms with van der Waals surface area (Å²) in [6.45, 7) is 0. The highest BCUT2D eigenvalue weighted by Gasteiger charge is 2.54. The van der Waals surface area contributed by atoms with Gasteiger partial charge in [-0.05, 0) is 0 Å². The molecule has 9 heteroatoms. The van der Waals surface area contributed by atoms with Crippen LogP contribution in [0.25, 0.3) is 0 Å². The Morgan fingerprint density at radius 3 is 1.12 bits per heavy atom. The maximum absolute atomic E-state index is 11.2. The largest absolute Gasteiger partial charge is 0.369 e. The lowest BCUT2D eigenvalue weighted by Crippen LogP contribution is -2.46. The van der Waals surface area contributed by atoms with Crippen LogP contribution >= 0.6 is 0 Å². The highest BCUT2D eigenvalue weighted by atomic mass is 16.5. The summed E-state index contributed by atoms with van der Waals surface area (Å²) >= 11 is 0. The molecule has 8 N–H and O–H groups in total. The van der Waals surface area contributed by atoms with Crippen molar-refractivity contribution in [3.63, 3.8) is 0 Å². The third-order valence-corrected chi connectivity index (χ3v) is 2.55. The molecule has 4 unspecified atom stereocenters. The van der Waals surface area contributed by atoms with Crippen molar-refractivity contribution >= 4 is 23.6 Å². The fourth-order valence-corrected chi connectivity index (χ4v) is 1.84. The lowest BCUT2D eigenvalue weighted by molar-refractivity contribution is -0.140.